The van der Waals surface area contributed by atoms with Crippen molar-refractivity contribution in [1.29, 1.82) is 0 Å². The molecule has 0 aromatic carbocycles. The van der Waals surface area contributed by atoms with Crippen molar-refractivity contribution < 1.29 is 4.79 Å². The Balaban J connectivity index is 1.48. The number of fused-ring (bicyclic) bond motifs is 1. The molecule has 5 rings (SSSR count). The third-order valence-electron chi connectivity index (χ3n) is 6.87. The molecule has 8 nitrogen and oxygen atoms in total. The third-order valence-corrected chi connectivity index (χ3v) is 6.87. The van der Waals surface area contributed by atoms with E-state index in [9.17, 15) is 4.79 Å². The van der Waals surface area contributed by atoms with Gasteiger partial charge in [-0.05, 0) is 58.4 Å². The molecule has 0 unspecified atom stereocenters. The maximum atomic E-state index is 13.5. The van der Waals surface area contributed by atoms with Crippen molar-refractivity contribution in [2.24, 2.45) is 5.92 Å². The predicted octanol–water partition coefficient (Wildman–Crippen LogP) is 3.78. The van der Waals surface area contributed by atoms with Crippen molar-refractivity contribution >= 4 is 17.4 Å². The molecule has 5 heterocycles. The van der Waals surface area contributed by atoms with E-state index >= 15 is 0 Å². The Labute approximate surface area is 189 Å². The molecule has 3 aromatic rings. The van der Waals surface area contributed by atoms with Crippen molar-refractivity contribution in [3.63, 3.8) is 0 Å². The van der Waals surface area contributed by atoms with E-state index in [0.29, 0.717) is 18.2 Å². The predicted molar refractivity (Wildman–Crippen MR) is 124 cm³/mol. The van der Waals surface area contributed by atoms with Gasteiger partial charge in [0.15, 0.2) is 5.65 Å². The molecule has 0 aliphatic carbocycles. The van der Waals surface area contributed by atoms with E-state index in [1.807, 2.05) is 29.3 Å². The highest BCUT2D eigenvalue weighted by atomic mass is 16.2. The zero-order valence-corrected chi connectivity index (χ0v) is 19.6. The molecule has 8 heteroatoms. The molecule has 3 aromatic heterocycles. The van der Waals surface area contributed by atoms with Crippen LogP contribution in [0.1, 0.15) is 73.0 Å². The fourth-order valence-electron chi connectivity index (χ4n) is 5.22. The van der Waals surface area contributed by atoms with Gasteiger partial charge in [-0.1, -0.05) is 6.92 Å². The van der Waals surface area contributed by atoms with Gasteiger partial charge in [0.25, 0.3) is 5.91 Å². The van der Waals surface area contributed by atoms with Crippen LogP contribution < -0.4 is 4.90 Å². The number of amides is 1. The SMILES string of the molecule is CCn1nc(C)cc1C(=O)N1CCCC[C@H]1c1cc2nc(N3CC[C@H](C)C3)c(C)cn2n1. The fourth-order valence-corrected chi connectivity index (χ4v) is 5.22. The molecule has 0 N–H and O–H groups in total. The molecule has 2 aliphatic heterocycles. The van der Waals surface area contributed by atoms with E-state index in [4.69, 9.17) is 10.1 Å². The van der Waals surface area contributed by atoms with Gasteiger partial charge in [0.05, 0.1) is 17.4 Å². The van der Waals surface area contributed by atoms with E-state index in [1.54, 1.807) is 4.68 Å². The van der Waals surface area contributed by atoms with Crippen LogP contribution in [0.2, 0.25) is 0 Å². The van der Waals surface area contributed by atoms with Gasteiger partial charge >= 0.3 is 0 Å². The van der Waals surface area contributed by atoms with Crippen molar-refractivity contribution in [3.05, 3.63) is 41.0 Å². The van der Waals surface area contributed by atoms with Crippen molar-refractivity contribution in [2.75, 3.05) is 24.5 Å². The summed E-state index contributed by atoms with van der Waals surface area (Å²) in [5, 5.41) is 9.35. The first-order chi connectivity index (χ1) is 15.4. The zero-order valence-electron chi connectivity index (χ0n) is 19.6. The molecule has 0 saturated carbocycles. The quantitative estimate of drug-likeness (QED) is 0.624. The number of rotatable bonds is 4. The van der Waals surface area contributed by atoms with Crippen LogP contribution in [-0.2, 0) is 6.54 Å². The van der Waals surface area contributed by atoms with Gasteiger partial charge in [0, 0.05) is 44.0 Å². The Morgan fingerprint density at radius 1 is 1.12 bits per heavy atom. The highest BCUT2D eigenvalue weighted by molar-refractivity contribution is 5.93. The summed E-state index contributed by atoms with van der Waals surface area (Å²) in [5.41, 5.74) is 4.46. The molecule has 0 spiro atoms. The Morgan fingerprint density at radius 3 is 2.72 bits per heavy atom. The molecule has 2 fully saturated rings. The third kappa shape index (κ3) is 3.65. The number of hydrogen-bond donors (Lipinski definition) is 0. The number of nitrogens with zero attached hydrogens (tertiary/aromatic N) is 7. The average molecular weight is 436 g/mol. The lowest BCUT2D eigenvalue weighted by atomic mass is 9.99. The smallest absolute Gasteiger partial charge is 0.272 e. The lowest BCUT2D eigenvalue weighted by molar-refractivity contribution is 0.0593. The highest BCUT2D eigenvalue weighted by Gasteiger charge is 2.32. The number of carbonyl (C=O) groups excluding carboxylic acids is 1. The molecule has 2 atom stereocenters. The first-order valence-corrected chi connectivity index (χ1v) is 11.9. The van der Waals surface area contributed by atoms with Crippen molar-refractivity contribution in [2.45, 2.75) is 66.0 Å². The van der Waals surface area contributed by atoms with Gasteiger partial charge in [-0.15, -0.1) is 0 Å². The van der Waals surface area contributed by atoms with Crippen molar-refractivity contribution in [1.82, 2.24) is 29.3 Å². The molecule has 170 valence electrons. The van der Waals surface area contributed by atoms with E-state index in [0.717, 1.165) is 67.3 Å². The number of aryl methyl sites for hydroxylation is 3. The van der Waals surface area contributed by atoms with Crippen LogP contribution in [0.4, 0.5) is 5.82 Å². The second kappa shape index (κ2) is 8.22. The molecule has 32 heavy (non-hydrogen) atoms. The molecule has 2 aliphatic rings. The first-order valence-electron chi connectivity index (χ1n) is 11.9. The van der Waals surface area contributed by atoms with Crippen LogP contribution in [0, 0.1) is 19.8 Å². The van der Waals surface area contributed by atoms with Crippen LogP contribution in [0.3, 0.4) is 0 Å². The van der Waals surface area contributed by atoms with E-state index in [2.05, 4.69) is 36.1 Å². The maximum Gasteiger partial charge on any atom is 0.272 e. The van der Waals surface area contributed by atoms with Gasteiger partial charge in [-0.2, -0.15) is 10.2 Å². The number of anilines is 1. The lowest BCUT2D eigenvalue weighted by Gasteiger charge is -2.34. The molecule has 2 saturated heterocycles. The number of hydrogen-bond acceptors (Lipinski definition) is 5. The first kappa shape index (κ1) is 21.0. The van der Waals surface area contributed by atoms with Gasteiger partial charge in [0.2, 0.25) is 0 Å². The second-order valence-electron chi connectivity index (χ2n) is 9.46. The molecular weight excluding hydrogens is 402 g/mol. The molecule has 0 radical (unpaired) electrons. The topological polar surface area (TPSA) is 71.6 Å². The van der Waals surface area contributed by atoms with Gasteiger partial charge in [-0.3, -0.25) is 9.48 Å². The minimum atomic E-state index is -0.0333. The van der Waals surface area contributed by atoms with Gasteiger partial charge in [-0.25, -0.2) is 9.50 Å². The van der Waals surface area contributed by atoms with E-state index < -0.39 is 0 Å². The summed E-state index contributed by atoms with van der Waals surface area (Å²) in [6.07, 6.45) is 6.32. The highest BCUT2D eigenvalue weighted by Crippen LogP contribution is 2.33. The zero-order chi connectivity index (χ0) is 22.4. The number of likely N-dealkylation sites (tertiary alicyclic amines) is 1. The monoisotopic (exact) mass is 435 g/mol. The normalized spacial score (nSPS) is 21.6. The standard InChI is InChI=1S/C24H33N7O/c1-5-30-21(12-18(4)26-30)24(32)29-10-7-6-8-20(29)19-13-22-25-23(17(3)15-31(22)27-19)28-11-9-16(2)14-28/h12-13,15-16,20H,5-11,14H2,1-4H3/t16-,20-/m0/s1. The summed E-state index contributed by atoms with van der Waals surface area (Å²) in [6, 6.07) is 3.94. The Hall–Kier alpha value is -2.90. The Bertz CT molecular complexity index is 1150. The minimum Gasteiger partial charge on any atom is -0.356 e. The summed E-state index contributed by atoms with van der Waals surface area (Å²) < 4.78 is 3.69. The van der Waals surface area contributed by atoms with Gasteiger partial charge in [0.1, 0.15) is 11.5 Å². The summed E-state index contributed by atoms with van der Waals surface area (Å²) in [4.78, 5) is 22.9. The maximum absolute atomic E-state index is 13.5. The van der Waals surface area contributed by atoms with Crippen LogP contribution >= 0.6 is 0 Å². The lowest BCUT2D eigenvalue weighted by Crippen LogP contribution is -2.39. The Morgan fingerprint density at radius 2 is 1.97 bits per heavy atom. The number of piperidine rings is 1. The average Bonchev–Trinajstić information content (AvgIpc) is 3.50. The number of carbonyl (C=O) groups is 1. The Kier molecular flexibility index (Phi) is 5.39. The summed E-state index contributed by atoms with van der Waals surface area (Å²) in [6.45, 7) is 11.9. The van der Waals surface area contributed by atoms with Crippen LogP contribution in [0.15, 0.2) is 18.3 Å². The van der Waals surface area contributed by atoms with Crippen LogP contribution in [0.25, 0.3) is 5.65 Å². The second-order valence-corrected chi connectivity index (χ2v) is 9.46. The van der Waals surface area contributed by atoms with E-state index in [1.165, 1.54) is 6.42 Å². The minimum absolute atomic E-state index is 0.0333. The fraction of sp³-hybridized carbons (Fsp3) is 0.583. The molecule has 1 amide bonds. The van der Waals surface area contributed by atoms with E-state index in [-0.39, 0.29) is 11.9 Å². The van der Waals surface area contributed by atoms with Crippen LogP contribution in [0.5, 0.6) is 0 Å². The summed E-state index contributed by atoms with van der Waals surface area (Å²) in [7, 11) is 0. The molecular formula is C24H33N7O. The summed E-state index contributed by atoms with van der Waals surface area (Å²) in [5.74, 6) is 1.81. The number of aromatic nitrogens is 5. The largest absolute Gasteiger partial charge is 0.356 e. The van der Waals surface area contributed by atoms with Crippen LogP contribution in [-0.4, -0.2) is 54.8 Å². The summed E-state index contributed by atoms with van der Waals surface area (Å²) >= 11 is 0. The van der Waals surface area contributed by atoms with Gasteiger partial charge < -0.3 is 9.80 Å². The van der Waals surface area contributed by atoms with Crippen molar-refractivity contribution in [3.8, 4) is 0 Å². The molecule has 0 bridgehead atoms.